The first-order valence-electron chi connectivity index (χ1n) is 5.52. The summed E-state index contributed by atoms with van der Waals surface area (Å²) in [6.45, 7) is 0. The second-order valence-corrected chi connectivity index (χ2v) is 6.93. The average Bonchev–Trinajstić information content (AvgIpc) is 2.60. The topological polar surface area (TPSA) is 55.7 Å². The number of halogens is 1. The van der Waals surface area contributed by atoms with Crippen LogP contribution in [0.3, 0.4) is 0 Å². The molecule has 0 saturated carbocycles. The third kappa shape index (κ3) is 3.23. The van der Waals surface area contributed by atoms with E-state index in [4.69, 9.17) is 16.3 Å². The van der Waals surface area contributed by atoms with Gasteiger partial charge in [-0.3, -0.25) is 4.99 Å². The van der Waals surface area contributed by atoms with Crippen LogP contribution in [0.5, 0.6) is 5.75 Å². The lowest BCUT2D eigenvalue weighted by Gasteiger charge is -2.05. The number of benzene rings is 1. The Bertz CT molecular complexity index is 539. The molecule has 2 rings (SSSR count). The van der Waals surface area contributed by atoms with Gasteiger partial charge in [-0.15, -0.1) is 11.6 Å². The summed E-state index contributed by atoms with van der Waals surface area (Å²) in [5.74, 6) is 0.818. The van der Waals surface area contributed by atoms with Crippen LogP contribution in [-0.4, -0.2) is 44.7 Å². The fraction of sp³-hybridized carbons (Fsp3) is 0.417. The largest absolute Gasteiger partial charge is 0.497 e. The van der Waals surface area contributed by atoms with Gasteiger partial charge in [-0.05, 0) is 29.8 Å². The number of hydrogen-bond acceptors (Lipinski definition) is 4. The summed E-state index contributed by atoms with van der Waals surface area (Å²) in [5.41, 5.74) is 0.893. The number of alkyl halides is 1. The van der Waals surface area contributed by atoms with E-state index in [2.05, 4.69) is 4.99 Å². The molecule has 98 valence electrons. The first-order chi connectivity index (χ1) is 8.50. The van der Waals surface area contributed by atoms with Gasteiger partial charge in [0.25, 0.3) is 0 Å². The maximum absolute atomic E-state index is 11.4. The van der Waals surface area contributed by atoms with Gasteiger partial charge in [0.15, 0.2) is 9.84 Å². The third-order valence-electron chi connectivity index (χ3n) is 2.79. The van der Waals surface area contributed by atoms with E-state index in [1.807, 2.05) is 24.3 Å². The first-order valence-corrected chi connectivity index (χ1v) is 7.78. The summed E-state index contributed by atoms with van der Waals surface area (Å²) in [6, 6.07) is 7.01. The highest BCUT2D eigenvalue weighted by atomic mass is 35.5. The quantitative estimate of drug-likeness (QED) is 0.626. The van der Waals surface area contributed by atoms with Gasteiger partial charge in [-0.25, -0.2) is 8.42 Å². The second-order valence-electron chi connectivity index (χ2n) is 4.21. The molecule has 18 heavy (non-hydrogen) atoms. The van der Waals surface area contributed by atoms with Crippen LogP contribution in [0.25, 0.3) is 0 Å². The smallest absolute Gasteiger partial charge is 0.153 e. The van der Waals surface area contributed by atoms with Crippen molar-refractivity contribution in [2.45, 2.75) is 11.4 Å². The lowest BCUT2D eigenvalue weighted by Crippen LogP contribution is -2.16. The fourth-order valence-corrected chi connectivity index (χ4v) is 4.31. The van der Waals surface area contributed by atoms with Gasteiger partial charge in [-0.2, -0.15) is 0 Å². The van der Waals surface area contributed by atoms with Crippen molar-refractivity contribution in [3.63, 3.8) is 0 Å². The molecular formula is C12H14ClNO3S. The second kappa shape index (κ2) is 5.28. The van der Waals surface area contributed by atoms with E-state index in [1.54, 1.807) is 13.3 Å². The lowest BCUT2D eigenvalue weighted by molar-refractivity contribution is 0.415. The van der Waals surface area contributed by atoms with Crippen LogP contribution >= 0.6 is 11.6 Å². The molecule has 0 radical (unpaired) electrons. The van der Waals surface area contributed by atoms with Crippen LogP contribution < -0.4 is 4.74 Å². The molecule has 0 spiro atoms. The highest BCUT2D eigenvalue weighted by Crippen LogP contribution is 2.21. The van der Waals surface area contributed by atoms with Crippen molar-refractivity contribution in [1.82, 2.24) is 0 Å². The number of sulfone groups is 1. The molecule has 0 bridgehead atoms. The van der Waals surface area contributed by atoms with Crippen molar-refractivity contribution in [2.24, 2.45) is 4.99 Å². The Morgan fingerprint density at radius 3 is 2.50 bits per heavy atom. The summed E-state index contributed by atoms with van der Waals surface area (Å²) in [6.07, 6.45) is 1.65. The van der Waals surface area contributed by atoms with E-state index in [-0.39, 0.29) is 17.5 Å². The summed E-state index contributed by atoms with van der Waals surface area (Å²) in [4.78, 5) is 4.25. The molecule has 1 aliphatic heterocycles. The highest BCUT2D eigenvalue weighted by Gasteiger charge is 2.35. The van der Waals surface area contributed by atoms with Gasteiger partial charge in [0.1, 0.15) is 5.75 Å². The number of rotatable bonds is 3. The Hall–Kier alpha value is -1.07. The highest BCUT2D eigenvalue weighted by molar-refractivity contribution is 7.91. The normalized spacial score (nSPS) is 26.6. The molecule has 0 aliphatic carbocycles. The van der Waals surface area contributed by atoms with Gasteiger partial charge in [0.05, 0.1) is 30.0 Å². The number of aliphatic imine (C=N–C) groups is 1. The molecule has 1 aromatic rings. The summed E-state index contributed by atoms with van der Waals surface area (Å²) < 4.78 is 27.8. The molecule has 0 unspecified atom stereocenters. The van der Waals surface area contributed by atoms with Crippen LogP contribution in [-0.2, 0) is 9.84 Å². The maximum atomic E-state index is 11.4. The van der Waals surface area contributed by atoms with E-state index in [0.717, 1.165) is 11.3 Å². The zero-order chi connectivity index (χ0) is 13.2. The predicted octanol–water partition coefficient (Wildman–Crippen LogP) is 1.52. The maximum Gasteiger partial charge on any atom is 0.153 e. The first kappa shape index (κ1) is 13.4. The van der Waals surface area contributed by atoms with Gasteiger partial charge < -0.3 is 4.74 Å². The Morgan fingerprint density at radius 1 is 1.33 bits per heavy atom. The van der Waals surface area contributed by atoms with Gasteiger partial charge in [0.2, 0.25) is 0 Å². The van der Waals surface area contributed by atoms with Crippen molar-refractivity contribution in [3.05, 3.63) is 29.8 Å². The number of ether oxygens (including phenoxy) is 1. The molecule has 1 aromatic carbocycles. The molecule has 2 atom stereocenters. The van der Waals surface area contributed by atoms with Crippen LogP contribution in [0.2, 0.25) is 0 Å². The molecule has 0 N–H and O–H groups in total. The predicted molar refractivity (Wildman–Crippen MR) is 72.7 cm³/mol. The SMILES string of the molecule is COc1ccc(C=N[C@@H]2CS(=O)(=O)C[C@@H]2Cl)cc1. The fourth-order valence-electron chi connectivity index (χ4n) is 1.79. The van der Waals surface area contributed by atoms with E-state index in [0.29, 0.717) is 0 Å². The van der Waals surface area contributed by atoms with Crippen molar-refractivity contribution in [2.75, 3.05) is 18.6 Å². The zero-order valence-corrected chi connectivity index (χ0v) is 11.5. The van der Waals surface area contributed by atoms with Gasteiger partial charge >= 0.3 is 0 Å². The van der Waals surface area contributed by atoms with Crippen molar-refractivity contribution >= 4 is 27.7 Å². The van der Waals surface area contributed by atoms with E-state index >= 15 is 0 Å². The molecule has 1 aliphatic rings. The molecule has 1 saturated heterocycles. The number of methoxy groups -OCH3 is 1. The van der Waals surface area contributed by atoms with E-state index in [9.17, 15) is 8.42 Å². The Labute approximate surface area is 112 Å². The summed E-state index contributed by atoms with van der Waals surface area (Å²) >= 11 is 5.96. The minimum Gasteiger partial charge on any atom is -0.497 e. The van der Waals surface area contributed by atoms with Crippen LogP contribution in [0.1, 0.15) is 5.56 Å². The van der Waals surface area contributed by atoms with Crippen molar-refractivity contribution < 1.29 is 13.2 Å². The summed E-state index contributed by atoms with van der Waals surface area (Å²) in [7, 11) is -1.42. The number of nitrogens with zero attached hydrogens (tertiary/aromatic N) is 1. The van der Waals surface area contributed by atoms with Crippen LogP contribution in [0, 0.1) is 0 Å². The minimum absolute atomic E-state index is 0.0131. The number of hydrogen-bond donors (Lipinski definition) is 0. The molecule has 0 amide bonds. The van der Waals surface area contributed by atoms with Crippen LogP contribution in [0.4, 0.5) is 0 Å². The third-order valence-corrected chi connectivity index (χ3v) is 5.13. The van der Waals surface area contributed by atoms with E-state index in [1.165, 1.54) is 0 Å². The zero-order valence-electron chi connectivity index (χ0n) is 9.91. The minimum atomic E-state index is -3.03. The Balaban J connectivity index is 2.06. The molecule has 0 aromatic heterocycles. The average molecular weight is 288 g/mol. The molecule has 1 fully saturated rings. The standard InChI is InChI=1S/C12H14ClNO3S/c1-17-10-4-2-9(3-5-10)6-14-12-8-18(15,16)7-11(12)13/h2-6,11-12H,7-8H2,1H3/t11-,12+/m0/s1. The van der Waals surface area contributed by atoms with E-state index < -0.39 is 15.2 Å². The Kier molecular flexibility index (Phi) is 3.92. The monoisotopic (exact) mass is 287 g/mol. The van der Waals surface area contributed by atoms with Gasteiger partial charge in [0, 0.05) is 6.21 Å². The van der Waals surface area contributed by atoms with Crippen molar-refractivity contribution in [1.29, 1.82) is 0 Å². The molecule has 4 nitrogen and oxygen atoms in total. The Morgan fingerprint density at radius 2 is 2.00 bits per heavy atom. The summed E-state index contributed by atoms with van der Waals surface area (Å²) in [5, 5.41) is -0.426. The lowest BCUT2D eigenvalue weighted by atomic mass is 10.2. The van der Waals surface area contributed by atoms with Crippen LogP contribution in [0.15, 0.2) is 29.3 Å². The van der Waals surface area contributed by atoms with Crippen molar-refractivity contribution in [3.8, 4) is 5.75 Å². The molecular weight excluding hydrogens is 274 g/mol. The molecule has 1 heterocycles. The molecule has 6 heteroatoms. The van der Waals surface area contributed by atoms with Gasteiger partial charge in [-0.1, -0.05) is 0 Å².